The van der Waals surface area contributed by atoms with E-state index < -0.39 is 0 Å². The summed E-state index contributed by atoms with van der Waals surface area (Å²) in [5.74, 6) is 0.355. The van der Waals surface area contributed by atoms with E-state index in [2.05, 4.69) is 51.0 Å². The van der Waals surface area contributed by atoms with E-state index in [0.717, 1.165) is 11.4 Å². The molecule has 11 heavy (non-hydrogen) atoms. The summed E-state index contributed by atoms with van der Waals surface area (Å²) < 4.78 is 1.22. The molecule has 0 radical (unpaired) electrons. The van der Waals surface area contributed by atoms with Crippen LogP contribution < -0.4 is 0 Å². The lowest BCUT2D eigenvalue weighted by Gasteiger charge is -2.09. The first-order valence-corrected chi connectivity index (χ1v) is 4.52. The van der Waals surface area contributed by atoms with E-state index in [0.29, 0.717) is 5.92 Å². The highest BCUT2D eigenvalue weighted by Gasteiger charge is 2.21. The quantitative estimate of drug-likeness (QED) is 0.596. The van der Waals surface area contributed by atoms with Gasteiger partial charge in [0.25, 0.3) is 0 Å². The van der Waals surface area contributed by atoms with E-state index in [1.807, 2.05) is 6.92 Å². The lowest BCUT2D eigenvalue weighted by Crippen LogP contribution is -2.15. The van der Waals surface area contributed by atoms with Gasteiger partial charge in [0.15, 0.2) is 0 Å². The molecular formula is C8H7IN2. The minimum atomic E-state index is 0.355. The zero-order valence-electron chi connectivity index (χ0n) is 6.08. The van der Waals surface area contributed by atoms with Crippen LogP contribution in [0, 0.1) is 5.92 Å². The summed E-state index contributed by atoms with van der Waals surface area (Å²) in [5, 5.41) is 8.08. The molecule has 0 aromatic carbocycles. The van der Waals surface area contributed by atoms with Gasteiger partial charge in [0, 0.05) is 3.58 Å². The maximum Gasteiger partial charge on any atom is 0.0766 e. The number of fused-ring (bicyclic) bond motifs is 1. The maximum absolute atomic E-state index is 4.06. The molecular weight excluding hydrogens is 251 g/mol. The first-order chi connectivity index (χ1) is 5.27. The average molecular weight is 258 g/mol. The summed E-state index contributed by atoms with van der Waals surface area (Å²) in [6.07, 6.45) is 6.33. The predicted molar refractivity (Wildman–Crippen MR) is 55.3 cm³/mol. The summed E-state index contributed by atoms with van der Waals surface area (Å²) in [5.41, 5.74) is 2.17. The molecule has 2 nitrogen and oxygen atoms in total. The van der Waals surface area contributed by atoms with Crippen LogP contribution in [0.1, 0.15) is 6.92 Å². The van der Waals surface area contributed by atoms with Crippen molar-refractivity contribution in [2.45, 2.75) is 6.92 Å². The molecule has 0 spiro atoms. The Morgan fingerprint density at radius 3 is 3.09 bits per heavy atom. The van der Waals surface area contributed by atoms with E-state index >= 15 is 0 Å². The molecule has 0 amide bonds. The fraction of sp³-hybridized carbons (Fsp3) is 0.250. The zero-order valence-corrected chi connectivity index (χ0v) is 8.24. The SMILES string of the molecule is CC1=NN=C2C=C(I)C=C[C@@H]12. The van der Waals surface area contributed by atoms with Crippen LogP contribution in [0.4, 0.5) is 0 Å². The molecule has 0 aromatic heterocycles. The molecule has 1 aliphatic carbocycles. The molecule has 0 fully saturated rings. The van der Waals surface area contributed by atoms with Crippen molar-refractivity contribution in [1.29, 1.82) is 0 Å². The second-order valence-corrected chi connectivity index (χ2v) is 3.88. The summed E-state index contributed by atoms with van der Waals surface area (Å²) in [4.78, 5) is 0. The Morgan fingerprint density at radius 2 is 2.27 bits per heavy atom. The van der Waals surface area contributed by atoms with Crippen molar-refractivity contribution in [3.63, 3.8) is 0 Å². The number of hydrogen-bond donors (Lipinski definition) is 0. The maximum atomic E-state index is 4.06. The Balaban J connectivity index is 2.38. The van der Waals surface area contributed by atoms with Gasteiger partial charge in [-0.05, 0) is 35.6 Å². The van der Waals surface area contributed by atoms with Crippen LogP contribution in [-0.4, -0.2) is 11.4 Å². The average Bonchev–Trinajstić information content (AvgIpc) is 2.32. The van der Waals surface area contributed by atoms with E-state index in [1.165, 1.54) is 3.58 Å². The third kappa shape index (κ3) is 1.17. The third-order valence-electron chi connectivity index (χ3n) is 1.83. The fourth-order valence-corrected chi connectivity index (χ4v) is 1.74. The molecule has 0 unspecified atom stereocenters. The number of nitrogens with zero attached hydrogens (tertiary/aromatic N) is 2. The molecule has 56 valence electrons. The van der Waals surface area contributed by atoms with Crippen molar-refractivity contribution in [3.05, 3.63) is 21.8 Å². The molecule has 1 aliphatic heterocycles. The highest BCUT2D eigenvalue weighted by Crippen LogP contribution is 2.23. The Bertz CT molecular complexity index is 310. The number of hydrogen-bond acceptors (Lipinski definition) is 2. The Morgan fingerprint density at radius 1 is 1.45 bits per heavy atom. The van der Waals surface area contributed by atoms with Crippen LogP contribution in [0.15, 0.2) is 32.0 Å². The lowest BCUT2D eigenvalue weighted by molar-refractivity contribution is 1.23. The predicted octanol–water partition coefficient (Wildman–Crippen LogP) is 2.32. The summed E-state index contributed by atoms with van der Waals surface area (Å²) in [7, 11) is 0. The van der Waals surface area contributed by atoms with Gasteiger partial charge in [-0.1, -0.05) is 12.2 Å². The monoisotopic (exact) mass is 258 g/mol. The van der Waals surface area contributed by atoms with Gasteiger partial charge in [-0.3, -0.25) is 0 Å². The van der Waals surface area contributed by atoms with E-state index in [4.69, 9.17) is 0 Å². The molecule has 2 aliphatic rings. The van der Waals surface area contributed by atoms with Crippen molar-refractivity contribution in [2.24, 2.45) is 16.1 Å². The smallest absolute Gasteiger partial charge is 0.0766 e. The molecule has 0 saturated heterocycles. The number of halogens is 1. The molecule has 0 saturated carbocycles. The topological polar surface area (TPSA) is 24.7 Å². The van der Waals surface area contributed by atoms with E-state index in [9.17, 15) is 0 Å². The highest BCUT2D eigenvalue weighted by molar-refractivity contribution is 14.1. The van der Waals surface area contributed by atoms with Crippen LogP contribution in [0.25, 0.3) is 0 Å². The van der Waals surface area contributed by atoms with Gasteiger partial charge >= 0.3 is 0 Å². The van der Waals surface area contributed by atoms with Gasteiger partial charge in [-0.2, -0.15) is 10.2 Å². The normalized spacial score (nSPS) is 27.5. The molecule has 0 bridgehead atoms. The van der Waals surface area contributed by atoms with Crippen LogP contribution in [0.5, 0.6) is 0 Å². The minimum Gasteiger partial charge on any atom is -0.159 e. The van der Waals surface area contributed by atoms with E-state index in [1.54, 1.807) is 0 Å². The number of allylic oxidation sites excluding steroid dienone is 4. The van der Waals surface area contributed by atoms with Crippen LogP contribution in [0.3, 0.4) is 0 Å². The molecule has 1 heterocycles. The van der Waals surface area contributed by atoms with Crippen molar-refractivity contribution in [1.82, 2.24) is 0 Å². The Labute approximate surface area is 78.9 Å². The summed E-state index contributed by atoms with van der Waals surface area (Å²) >= 11 is 2.28. The van der Waals surface area contributed by atoms with Crippen LogP contribution >= 0.6 is 22.6 Å². The second kappa shape index (κ2) is 2.55. The first-order valence-electron chi connectivity index (χ1n) is 3.45. The van der Waals surface area contributed by atoms with Crippen molar-refractivity contribution >= 4 is 34.0 Å². The van der Waals surface area contributed by atoms with Crippen molar-refractivity contribution in [3.8, 4) is 0 Å². The Kier molecular flexibility index (Phi) is 1.67. The van der Waals surface area contributed by atoms with Gasteiger partial charge in [0.1, 0.15) is 0 Å². The fourth-order valence-electron chi connectivity index (χ4n) is 1.21. The van der Waals surface area contributed by atoms with Crippen LogP contribution in [0.2, 0.25) is 0 Å². The summed E-state index contributed by atoms with van der Waals surface area (Å²) in [6, 6.07) is 0. The largest absolute Gasteiger partial charge is 0.159 e. The highest BCUT2D eigenvalue weighted by atomic mass is 127. The van der Waals surface area contributed by atoms with Gasteiger partial charge in [-0.15, -0.1) is 0 Å². The molecule has 0 aromatic rings. The lowest BCUT2D eigenvalue weighted by atomic mass is 9.95. The third-order valence-corrected chi connectivity index (χ3v) is 2.50. The number of rotatable bonds is 0. The first kappa shape index (κ1) is 7.21. The van der Waals surface area contributed by atoms with Crippen molar-refractivity contribution < 1.29 is 0 Å². The zero-order chi connectivity index (χ0) is 7.84. The standard InChI is InChI=1S/C8H7IN2/c1-5-7-3-2-6(9)4-8(7)11-10-5/h2-4,7H,1H3/t7-/m0/s1. The van der Waals surface area contributed by atoms with E-state index in [-0.39, 0.29) is 0 Å². The molecule has 2 rings (SSSR count). The van der Waals surface area contributed by atoms with Gasteiger partial charge in [-0.25, -0.2) is 0 Å². The second-order valence-electron chi connectivity index (χ2n) is 2.63. The van der Waals surface area contributed by atoms with Crippen molar-refractivity contribution in [2.75, 3.05) is 0 Å². The van der Waals surface area contributed by atoms with Gasteiger partial charge in [0.2, 0.25) is 0 Å². The van der Waals surface area contributed by atoms with Crippen LogP contribution in [-0.2, 0) is 0 Å². The van der Waals surface area contributed by atoms with Gasteiger partial charge in [0.05, 0.1) is 17.3 Å². The van der Waals surface area contributed by atoms with Gasteiger partial charge < -0.3 is 0 Å². The molecule has 1 atom stereocenters. The molecule has 3 heteroatoms. The summed E-state index contributed by atoms with van der Waals surface area (Å²) in [6.45, 7) is 2.01. The Hall–Kier alpha value is -0.450. The minimum absolute atomic E-state index is 0.355. The molecule has 0 N–H and O–H groups in total.